The molecule has 0 radical (unpaired) electrons. The standard InChI is InChI=1S/C12H13N3O2S/c16-11(10-6-13-12(17)14-10)15(8-3-4-8)7-9-2-1-5-18-9/h1-2,5-6,8H,3-4,7H2,(H2,13,14,17). The Hall–Kier alpha value is -1.82. The van der Waals surface area contributed by atoms with Gasteiger partial charge in [0.25, 0.3) is 5.91 Å². The molecule has 0 saturated heterocycles. The van der Waals surface area contributed by atoms with E-state index in [1.807, 2.05) is 22.4 Å². The van der Waals surface area contributed by atoms with Crippen molar-refractivity contribution < 1.29 is 4.79 Å². The summed E-state index contributed by atoms with van der Waals surface area (Å²) in [6.07, 6.45) is 3.53. The van der Waals surface area contributed by atoms with Gasteiger partial charge in [-0.25, -0.2) is 4.79 Å². The van der Waals surface area contributed by atoms with Crippen LogP contribution in [-0.4, -0.2) is 26.8 Å². The van der Waals surface area contributed by atoms with Crippen molar-refractivity contribution in [2.45, 2.75) is 25.4 Å². The Labute approximate surface area is 107 Å². The molecule has 0 aromatic carbocycles. The van der Waals surface area contributed by atoms with Crippen LogP contribution in [0.4, 0.5) is 0 Å². The van der Waals surface area contributed by atoms with Gasteiger partial charge in [0.2, 0.25) is 0 Å². The number of hydrogen-bond donors (Lipinski definition) is 2. The first-order valence-electron chi connectivity index (χ1n) is 5.85. The van der Waals surface area contributed by atoms with Gasteiger partial charge in [0.1, 0.15) is 5.69 Å². The van der Waals surface area contributed by atoms with Gasteiger partial charge in [-0.3, -0.25) is 4.79 Å². The van der Waals surface area contributed by atoms with Crippen LogP contribution in [-0.2, 0) is 6.54 Å². The molecule has 2 N–H and O–H groups in total. The molecular formula is C12H13N3O2S. The van der Waals surface area contributed by atoms with E-state index in [0.29, 0.717) is 18.3 Å². The number of carbonyl (C=O) groups excluding carboxylic acids is 1. The summed E-state index contributed by atoms with van der Waals surface area (Å²) >= 11 is 1.64. The first-order valence-corrected chi connectivity index (χ1v) is 6.73. The summed E-state index contributed by atoms with van der Waals surface area (Å²) in [5, 5.41) is 2.00. The average Bonchev–Trinajstić information content (AvgIpc) is 2.88. The Morgan fingerprint density at radius 3 is 2.89 bits per heavy atom. The van der Waals surface area contributed by atoms with Crippen molar-refractivity contribution in [1.82, 2.24) is 14.9 Å². The second-order valence-electron chi connectivity index (χ2n) is 4.40. The monoisotopic (exact) mass is 263 g/mol. The fraction of sp³-hybridized carbons (Fsp3) is 0.333. The number of aromatic amines is 2. The molecule has 0 bridgehead atoms. The van der Waals surface area contributed by atoms with Crippen LogP contribution in [0.2, 0.25) is 0 Å². The molecule has 1 aliphatic carbocycles. The van der Waals surface area contributed by atoms with E-state index in [9.17, 15) is 9.59 Å². The highest BCUT2D eigenvalue weighted by atomic mass is 32.1. The van der Waals surface area contributed by atoms with Crippen LogP contribution < -0.4 is 5.69 Å². The van der Waals surface area contributed by atoms with Crippen molar-refractivity contribution >= 4 is 17.2 Å². The molecule has 0 unspecified atom stereocenters. The number of H-pyrrole nitrogens is 2. The third-order valence-electron chi connectivity index (χ3n) is 2.98. The van der Waals surface area contributed by atoms with Gasteiger partial charge >= 0.3 is 5.69 Å². The molecule has 1 saturated carbocycles. The molecule has 2 aromatic rings. The zero-order valence-corrected chi connectivity index (χ0v) is 10.5. The normalized spacial score (nSPS) is 14.7. The van der Waals surface area contributed by atoms with Gasteiger partial charge in [-0.2, -0.15) is 0 Å². The molecule has 18 heavy (non-hydrogen) atoms. The summed E-state index contributed by atoms with van der Waals surface area (Å²) in [6, 6.07) is 4.32. The summed E-state index contributed by atoms with van der Waals surface area (Å²) in [6.45, 7) is 0.619. The summed E-state index contributed by atoms with van der Waals surface area (Å²) in [7, 11) is 0. The second-order valence-corrected chi connectivity index (χ2v) is 5.43. The maximum Gasteiger partial charge on any atom is 0.323 e. The van der Waals surface area contributed by atoms with E-state index >= 15 is 0 Å². The molecule has 0 spiro atoms. The van der Waals surface area contributed by atoms with E-state index in [4.69, 9.17) is 0 Å². The molecule has 2 heterocycles. The number of amides is 1. The number of imidazole rings is 1. The van der Waals surface area contributed by atoms with Gasteiger partial charge in [-0.1, -0.05) is 6.07 Å². The lowest BCUT2D eigenvalue weighted by atomic mass is 10.3. The van der Waals surface area contributed by atoms with Crippen LogP contribution in [0, 0.1) is 0 Å². The SMILES string of the molecule is O=C(c1c[nH]c(=O)[nH]1)N(Cc1cccs1)C1CC1. The van der Waals surface area contributed by atoms with E-state index in [-0.39, 0.29) is 11.6 Å². The predicted molar refractivity (Wildman–Crippen MR) is 68.6 cm³/mol. The zero-order chi connectivity index (χ0) is 12.5. The van der Waals surface area contributed by atoms with Crippen LogP contribution in [0.15, 0.2) is 28.5 Å². The lowest BCUT2D eigenvalue weighted by Gasteiger charge is -2.20. The van der Waals surface area contributed by atoms with Gasteiger partial charge in [-0.15, -0.1) is 11.3 Å². The third-order valence-corrected chi connectivity index (χ3v) is 3.84. The van der Waals surface area contributed by atoms with E-state index < -0.39 is 0 Å². The Balaban J connectivity index is 1.81. The van der Waals surface area contributed by atoms with Gasteiger partial charge in [0.05, 0.1) is 6.54 Å². The van der Waals surface area contributed by atoms with Gasteiger partial charge < -0.3 is 14.9 Å². The fourth-order valence-electron chi connectivity index (χ4n) is 1.93. The molecule has 1 fully saturated rings. The Bertz CT molecular complexity index is 595. The summed E-state index contributed by atoms with van der Waals surface area (Å²) in [5.41, 5.74) is -0.00585. The Kier molecular flexibility index (Phi) is 2.79. The van der Waals surface area contributed by atoms with Crippen LogP contribution in [0.1, 0.15) is 28.2 Å². The molecule has 3 rings (SSSR count). The summed E-state index contributed by atoms with van der Waals surface area (Å²) in [4.78, 5) is 31.3. The smallest absolute Gasteiger partial charge is 0.323 e. The number of thiophene rings is 1. The molecule has 94 valence electrons. The van der Waals surface area contributed by atoms with E-state index in [1.165, 1.54) is 6.20 Å². The van der Waals surface area contributed by atoms with Crippen molar-refractivity contribution in [2.75, 3.05) is 0 Å². The number of nitrogens with one attached hydrogen (secondary N) is 2. The van der Waals surface area contributed by atoms with Crippen molar-refractivity contribution in [2.24, 2.45) is 0 Å². The Morgan fingerprint density at radius 1 is 1.50 bits per heavy atom. The number of aromatic nitrogens is 2. The number of nitrogens with zero attached hydrogens (tertiary/aromatic N) is 1. The second kappa shape index (κ2) is 4.45. The highest BCUT2D eigenvalue weighted by molar-refractivity contribution is 7.09. The van der Waals surface area contributed by atoms with Crippen LogP contribution in [0.25, 0.3) is 0 Å². The highest BCUT2D eigenvalue weighted by Gasteiger charge is 2.33. The van der Waals surface area contributed by atoms with Gasteiger partial charge in [0, 0.05) is 17.1 Å². The van der Waals surface area contributed by atoms with Crippen LogP contribution >= 0.6 is 11.3 Å². The zero-order valence-electron chi connectivity index (χ0n) is 9.68. The van der Waals surface area contributed by atoms with Gasteiger partial charge in [0.15, 0.2) is 0 Å². The number of carbonyl (C=O) groups is 1. The van der Waals surface area contributed by atoms with Gasteiger partial charge in [-0.05, 0) is 24.3 Å². The third kappa shape index (κ3) is 2.24. The molecule has 1 aliphatic rings. The topological polar surface area (TPSA) is 69.0 Å². The molecular weight excluding hydrogens is 250 g/mol. The predicted octanol–water partition coefficient (Wildman–Crippen LogP) is 1.57. The van der Waals surface area contributed by atoms with Crippen molar-refractivity contribution in [3.63, 3.8) is 0 Å². The largest absolute Gasteiger partial charge is 0.329 e. The molecule has 0 atom stereocenters. The van der Waals surface area contributed by atoms with Crippen LogP contribution in [0.5, 0.6) is 0 Å². The quantitative estimate of drug-likeness (QED) is 0.879. The van der Waals surface area contributed by atoms with Crippen LogP contribution in [0.3, 0.4) is 0 Å². The maximum atomic E-state index is 12.3. The average molecular weight is 263 g/mol. The fourth-order valence-corrected chi connectivity index (χ4v) is 2.63. The molecule has 0 aliphatic heterocycles. The molecule has 1 amide bonds. The summed E-state index contributed by atoms with van der Waals surface area (Å²) in [5.74, 6) is -0.107. The van der Waals surface area contributed by atoms with Crippen molar-refractivity contribution in [3.8, 4) is 0 Å². The first-order chi connectivity index (χ1) is 8.74. The molecule has 6 heteroatoms. The first kappa shape index (κ1) is 11.3. The van der Waals surface area contributed by atoms with E-state index in [2.05, 4.69) is 9.97 Å². The summed E-state index contributed by atoms with van der Waals surface area (Å²) < 4.78 is 0. The highest BCUT2D eigenvalue weighted by Crippen LogP contribution is 2.30. The lowest BCUT2D eigenvalue weighted by molar-refractivity contribution is 0.0726. The minimum atomic E-state index is -0.342. The molecule has 2 aromatic heterocycles. The minimum absolute atomic E-state index is 0.107. The minimum Gasteiger partial charge on any atom is -0.329 e. The number of hydrogen-bond acceptors (Lipinski definition) is 3. The number of rotatable bonds is 4. The Morgan fingerprint density at radius 2 is 2.33 bits per heavy atom. The molecule has 5 nitrogen and oxygen atoms in total. The van der Waals surface area contributed by atoms with E-state index in [1.54, 1.807) is 11.3 Å². The van der Waals surface area contributed by atoms with Crippen molar-refractivity contribution in [3.05, 3.63) is 44.8 Å². The van der Waals surface area contributed by atoms with Crippen molar-refractivity contribution in [1.29, 1.82) is 0 Å². The van der Waals surface area contributed by atoms with E-state index in [0.717, 1.165) is 17.7 Å². The maximum absolute atomic E-state index is 12.3. The lowest BCUT2D eigenvalue weighted by Crippen LogP contribution is -2.32.